The zero-order chi connectivity index (χ0) is 16.0. The van der Waals surface area contributed by atoms with Crippen LogP contribution < -0.4 is 14.8 Å². The molecule has 5 heteroatoms. The van der Waals surface area contributed by atoms with Gasteiger partial charge in [0.25, 0.3) is 5.91 Å². The third-order valence-electron chi connectivity index (χ3n) is 3.29. The average Bonchev–Trinajstić information content (AvgIpc) is 2.46. The maximum atomic E-state index is 12.0. The van der Waals surface area contributed by atoms with Crippen LogP contribution in [0.15, 0.2) is 18.2 Å². The minimum absolute atomic E-state index is 0.0696. The third-order valence-corrected chi connectivity index (χ3v) is 3.29. The topological polar surface area (TPSA) is 50.8 Å². The van der Waals surface area contributed by atoms with Crippen molar-refractivity contribution in [1.82, 2.24) is 10.2 Å². The van der Waals surface area contributed by atoms with E-state index in [1.54, 1.807) is 28.1 Å². The van der Waals surface area contributed by atoms with Crippen LogP contribution in [0.5, 0.6) is 11.5 Å². The summed E-state index contributed by atoms with van der Waals surface area (Å²) in [4.78, 5) is 13.5. The minimum Gasteiger partial charge on any atom is -0.497 e. The van der Waals surface area contributed by atoms with Gasteiger partial charge < -0.3 is 19.7 Å². The summed E-state index contributed by atoms with van der Waals surface area (Å²) in [6, 6.07) is 5.82. The SMILES string of the molecule is CCNC(C)c1ccc(OC)cc1OC(C)C(=O)N(C)C. The number of hydrogen-bond donors (Lipinski definition) is 1. The van der Waals surface area contributed by atoms with Crippen LogP contribution in [0.4, 0.5) is 0 Å². The van der Waals surface area contributed by atoms with Crippen molar-refractivity contribution in [2.45, 2.75) is 32.9 Å². The maximum absolute atomic E-state index is 12.0. The highest BCUT2D eigenvalue weighted by molar-refractivity contribution is 5.80. The average molecular weight is 294 g/mol. The summed E-state index contributed by atoms with van der Waals surface area (Å²) in [5.41, 5.74) is 1.01. The summed E-state index contributed by atoms with van der Waals surface area (Å²) in [6.45, 7) is 6.73. The molecule has 1 rings (SSSR count). The van der Waals surface area contributed by atoms with E-state index in [-0.39, 0.29) is 11.9 Å². The molecule has 0 aromatic heterocycles. The molecule has 1 amide bonds. The van der Waals surface area contributed by atoms with Crippen molar-refractivity contribution in [3.63, 3.8) is 0 Å². The van der Waals surface area contributed by atoms with Gasteiger partial charge in [0.05, 0.1) is 7.11 Å². The van der Waals surface area contributed by atoms with Crippen LogP contribution in [0.1, 0.15) is 32.4 Å². The number of nitrogens with zero attached hydrogens (tertiary/aromatic N) is 1. The standard InChI is InChI=1S/C16H26N2O3/c1-7-17-11(2)14-9-8-13(20-6)10-15(14)21-12(3)16(19)18(4)5/h8-12,17H,7H2,1-6H3. The Kier molecular flexibility index (Phi) is 6.49. The van der Waals surface area contributed by atoms with Crippen molar-refractivity contribution < 1.29 is 14.3 Å². The normalized spacial score (nSPS) is 13.4. The molecule has 0 aliphatic heterocycles. The van der Waals surface area contributed by atoms with Gasteiger partial charge in [-0.15, -0.1) is 0 Å². The summed E-state index contributed by atoms with van der Waals surface area (Å²) in [7, 11) is 5.05. The molecule has 1 aromatic rings. The lowest BCUT2D eigenvalue weighted by atomic mass is 10.1. The second-order valence-corrected chi connectivity index (χ2v) is 5.18. The molecule has 2 unspecified atom stereocenters. The first-order chi connectivity index (χ1) is 9.90. The first-order valence-corrected chi connectivity index (χ1v) is 7.19. The molecular weight excluding hydrogens is 268 g/mol. The predicted octanol–water partition coefficient (Wildman–Crippen LogP) is 2.22. The van der Waals surface area contributed by atoms with Crippen LogP contribution >= 0.6 is 0 Å². The number of methoxy groups -OCH3 is 1. The Morgan fingerprint density at radius 3 is 2.52 bits per heavy atom. The molecule has 0 radical (unpaired) electrons. The quantitative estimate of drug-likeness (QED) is 0.838. The fraction of sp³-hybridized carbons (Fsp3) is 0.562. The third kappa shape index (κ3) is 4.63. The predicted molar refractivity (Wildman–Crippen MR) is 83.9 cm³/mol. The van der Waals surface area contributed by atoms with Gasteiger partial charge in [-0.1, -0.05) is 13.0 Å². The lowest BCUT2D eigenvalue weighted by Crippen LogP contribution is -2.35. The fourth-order valence-electron chi connectivity index (χ4n) is 2.12. The molecule has 0 bridgehead atoms. The van der Waals surface area contributed by atoms with Crippen molar-refractivity contribution >= 4 is 5.91 Å². The Hall–Kier alpha value is -1.75. The first kappa shape index (κ1) is 17.3. The van der Waals surface area contributed by atoms with Gasteiger partial charge in [0.1, 0.15) is 11.5 Å². The smallest absolute Gasteiger partial charge is 0.262 e. The van der Waals surface area contributed by atoms with Gasteiger partial charge in [-0.3, -0.25) is 4.79 Å². The molecule has 0 saturated heterocycles. The molecule has 1 N–H and O–H groups in total. The summed E-state index contributed by atoms with van der Waals surface area (Å²) in [5.74, 6) is 1.31. The molecule has 2 atom stereocenters. The van der Waals surface area contributed by atoms with Gasteiger partial charge in [-0.05, 0) is 26.5 Å². The lowest BCUT2D eigenvalue weighted by molar-refractivity contribution is -0.135. The molecule has 0 aliphatic carbocycles. The monoisotopic (exact) mass is 294 g/mol. The van der Waals surface area contributed by atoms with Crippen LogP contribution in [0.2, 0.25) is 0 Å². The highest BCUT2D eigenvalue weighted by Gasteiger charge is 2.20. The number of hydrogen-bond acceptors (Lipinski definition) is 4. The Labute approximate surface area is 127 Å². The van der Waals surface area contributed by atoms with Crippen LogP contribution in [-0.4, -0.2) is 44.7 Å². The van der Waals surface area contributed by atoms with Gasteiger partial charge >= 0.3 is 0 Å². The highest BCUT2D eigenvalue weighted by atomic mass is 16.5. The Morgan fingerprint density at radius 1 is 1.33 bits per heavy atom. The zero-order valence-corrected chi connectivity index (χ0v) is 13.8. The summed E-state index contributed by atoms with van der Waals surface area (Å²) < 4.78 is 11.1. The molecule has 0 aliphatic rings. The number of likely N-dealkylation sites (N-methyl/N-ethyl adjacent to an activating group) is 1. The molecule has 0 saturated carbocycles. The molecule has 0 spiro atoms. The van der Waals surface area contributed by atoms with Crippen molar-refractivity contribution in [1.29, 1.82) is 0 Å². The number of ether oxygens (including phenoxy) is 2. The largest absolute Gasteiger partial charge is 0.497 e. The maximum Gasteiger partial charge on any atom is 0.262 e. The van der Waals surface area contributed by atoms with Crippen LogP contribution in [0, 0.1) is 0 Å². The van der Waals surface area contributed by atoms with E-state index in [1.165, 1.54) is 4.90 Å². The van der Waals surface area contributed by atoms with E-state index in [9.17, 15) is 4.79 Å². The second kappa shape index (κ2) is 7.88. The molecular formula is C16H26N2O3. The van der Waals surface area contributed by atoms with Gasteiger partial charge in [0, 0.05) is 31.8 Å². The molecule has 0 heterocycles. The summed E-state index contributed by atoms with van der Waals surface area (Å²) in [5, 5.41) is 3.35. The number of carbonyl (C=O) groups is 1. The summed E-state index contributed by atoms with van der Waals surface area (Å²) in [6.07, 6.45) is -0.542. The van der Waals surface area contributed by atoms with E-state index in [0.29, 0.717) is 11.5 Å². The number of benzene rings is 1. The van der Waals surface area contributed by atoms with E-state index in [4.69, 9.17) is 9.47 Å². The van der Waals surface area contributed by atoms with Gasteiger partial charge in [-0.25, -0.2) is 0 Å². The highest BCUT2D eigenvalue weighted by Crippen LogP contribution is 2.30. The number of nitrogens with one attached hydrogen (secondary N) is 1. The van der Waals surface area contributed by atoms with Crippen molar-refractivity contribution in [2.75, 3.05) is 27.7 Å². The van der Waals surface area contributed by atoms with Crippen LogP contribution in [-0.2, 0) is 4.79 Å². The van der Waals surface area contributed by atoms with Crippen LogP contribution in [0.3, 0.4) is 0 Å². The number of carbonyl (C=O) groups excluding carboxylic acids is 1. The second-order valence-electron chi connectivity index (χ2n) is 5.18. The van der Waals surface area contributed by atoms with Crippen molar-refractivity contribution in [3.8, 4) is 11.5 Å². The number of amides is 1. The molecule has 0 fully saturated rings. The molecule has 1 aromatic carbocycles. The van der Waals surface area contributed by atoms with Crippen molar-refractivity contribution in [3.05, 3.63) is 23.8 Å². The van der Waals surface area contributed by atoms with E-state index < -0.39 is 6.10 Å². The van der Waals surface area contributed by atoms with E-state index in [1.807, 2.05) is 18.2 Å². The van der Waals surface area contributed by atoms with Crippen LogP contribution in [0.25, 0.3) is 0 Å². The molecule has 5 nitrogen and oxygen atoms in total. The minimum atomic E-state index is -0.542. The number of rotatable bonds is 7. The Bertz CT molecular complexity index is 475. The Balaban J connectivity index is 3.03. The van der Waals surface area contributed by atoms with Crippen molar-refractivity contribution in [2.24, 2.45) is 0 Å². The van der Waals surface area contributed by atoms with E-state index >= 15 is 0 Å². The van der Waals surface area contributed by atoms with E-state index in [0.717, 1.165) is 12.1 Å². The molecule has 21 heavy (non-hydrogen) atoms. The Morgan fingerprint density at radius 2 is 2.00 bits per heavy atom. The molecule has 118 valence electrons. The summed E-state index contributed by atoms with van der Waals surface area (Å²) >= 11 is 0. The first-order valence-electron chi connectivity index (χ1n) is 7.19. The zero-order valence-electron chi connectivity index (χ0n) is 13.8. The van der Waals surface area contributed by atoms with Gasteiger partial charge in [-0.2, -0.15) is 0 Å². The van der Waals surface area contributed by atoms with E-state index in [2.05, 4.69) is 19.2 Å². The fourth-order valence-corrected chi connectivity index (χ4v) is 2.12. The lowest BCUT2D eigenvalue weighted by Gasteiger charge is -2.23. The van der Waals surface area contributed by atoms with Gasteiger partial charge in [0.2, 0.25) is 0 Å². The van der Waals surface area contributed by atoms with Gasteiger partial charge in [0.15, 0.2) is 6.10 Å².